The summed E-state index contributed by atoms with van der Waals surface area (Å²) in [6.07, 6.45) is 4.12. The van der Waals surface area contributed by atoms with E-state index in [-0.39, 0.29) is 0 Å². The molecule has 3 nitrogen and oxygen atoms in total. The molecule has 0 N–H and O–H groups in total. The molecule has 1 saturated heterocycles. The molecule has 1 aliphatic heterocycles. The molecule has 0 radical (unpaired) electrons. The van der Waals surface area contributed by atoms with Crippen molar-refractivity contribution in [3.05, 3.63) is 30.1 Å². The van der Waals surface area contributed by atoms with Crippen LogP contribution in [0.2, 0.25) is 0 Å². The minimum Gasteiger partial charge on any atom is -0.297 e. The van der Waals surface area contributed by atoms with E-state index in [0.717, 1.165) is 12.1 Å². The summed E-state index contributed by atoms with van der Waals surface area (Å²) in [6, 6.07) is 3.83. The fourth-order valence-electron chi connectivity index (χ4n) is 2.01. The van der Waals surface area contributed by atoms with Crippen LogP contribution in [0.1, 0.15) is 18.9 Å². The molecule has 1 unspecified atom stereocenters. The predicted molar refractivity (Wildman–Crippen MR) is 53.8 cm³/mol. The van der Waals surface area contributed by atoms with Gasteiger partial charge in [0.05, 0.1) is 0 Å². The van der Waals surface area contributed by atoms with Crippen LogP contribution in [-0.4, -0.2) is 29.3 Å². The molecule has 1 fully saturated rings. The Morgan fingerprint density at radius 3 is 2.57 bits per heavy atom. The second kappa shape index (κ2) is 3.17. The SMILES string of the molecule is CN1CCC(=O)C1(C)c1ccncc1. The van der Waals surface area contributed by atoms with Crippen molar-refractivity contribution in [3.63, 3.8) is 0 Å². The lowest BCUT2D eigenvalue weighted by molar-refractivity contribution is -0.124. The van der Waals surface area contributed by atoms with Crippen LogP contribution >= 0.6 is 0 Å². The third-order valence-corrected chi connectivity index (χ3v) is 3.22. The summed E-state index contributed by atoms with van der Waals surface area (Å²) in [5.74, 6) is 0.297. The number of hydrogen-bond acceptors (Lipinski definition) is 3. The van der Waals surface area contributed by atoms with Crippen LogP contribution in [0.15, 0.2) is 24.5 Å². The Bertz CT molecular complexity index is 350. The van der Waals surface area contributed by atoms with E-state index in [2.05, 4.69) is 9.88 Å². The van der Waals surface area contributed by atoms with Crippen LogP contribution in [0, 0.1) is 0 Å². The van der Waals surface area contributed by atoms with Gasteiger partial charge in [-0.05, 0) is 31.7 Å². The van der Waals surface area contributed by atoms with Crippen molar-refractivity contribution in [2.75, 3.05) is 13.6 Å². The fourth-order valence-corrected chi connectivity index (χ4v) is 2.01. The summed E-state index contributed by atoms with van der Waals surface area (Å²) >= 11 is 0. The first kappa shape index (κ1) is 9.34. The van der Waals surface area contributed by atoms with E-state index in [4.69, 9.17) is 0 Å². The van der Waals surface area contributed by atoms with Crippen molar-refractivity contribution in [2.45, 2.75) is 18.9 Å². The van der Waals surface area contributed by atoms with Gasteiger partial charge in [0.25, 0.3) is 0 Å². The lowest BCUT2D eigenvalue weighted by Gasteiger charge is -2.30. The van der Waals surface area contributed by atoms with Gasteiger partial charge >= 0.3 is 0 Å². The van der Waals surface area contributed by atoms with Crippen LogP contribution in [-0.2, 0) is 10.3 Å². The quantitative estimate of drug-likeness (QED) is 0.667. The number of aromatic nitrogens is 1. The molecule has 1 aromatic rings. The molecule has 0 spiro atoms. The zero-order valence-corrected chi connectivity index (χ0v) is 8.53. The molecule has 0 amide bonds. The van der Waals surface area contributed by atoms with Crippen molar-refractivity contribution in [2.24, 2.45) is 0 Å². The van der Waals surface area contributed by atoms with Crippen molar-refractivity contribution < 1.29 is 4.79 Å². The second-order valence-electron chi connectivity index (χ2n) is 3.90. The van der Waals surface area contributed by atoms with Gasteiger partial charge in [-0.3, -0.25) is 14.7 Å². The topological polar surface area (TPSA) is 33.2 Å². The van der Waals surface area contributed by atoms with Crippen LogP contribution in [0.3, 0.4) is 0 Å². The van der Waals surface area contributed by atoms with Gasteiger partial charge in [-0.25, -0.2) is 0 Å². The van der Waals surface area contributed by atoms with Gasteiger partial charge in [-0.1, -0.05) is 0 Å². The largest absolute Gasteiger partial charge is 0.297 e. The van der Waals surface area contributed by atoms with Gasteiger partial charge in [0.1, 0.15) is 5.54 Å². The average molecular weight is 190 g/mol. The lowest BCUT2D eigenvalue weighted by atomic mass is 9.89. The molecule has 1 aliphatic rings. The van der Waals surface area contributed by atoms with E-state index in [1.165, 1.54) is 0 Å². The molecule has 0 aromatic carbocycles. The standard InChI is InChI=1S/C11H14N2O/c1-11(9-3-6-12-7-4-9)10(14)5-8-13(11)2/h3-4,6-7H,5,8H2,1-2H3. The minimum absolute atomic E-state index is 0.297. The summed E-state index contributed by atoms with van der Waals surface area (Å²) in [5.41, 5.74) is 0.598. The number of rotatable bonds is 1. The fraction of sp³-hybridized carbons (Fsp3) is 0.455. The minimum atomic E-state index is -0.442. The van der Waals surface area contributed by atoms with E-state index in [1.807, 2.05) is 26.1 Å². The Kier molecular flexibility index (Phi) is 2.11. The van der Waals surface area contributed by atoms with Crippen molar-refractivity contribution in [3.8, 4) is 0 Å². The predicted octanol–water partition coefficient (Wildman–Crippen LogP) is 1.20. The van der Waals surface area contributed by atoms with Gasteiger partial charge in [-0.2, -0.15) is 0 Å². The number of carbonyl (C=O) groups excluding carboxylic acids is 1. The second-order valence-corrected chi connectivity index (χ2v) is 3.90. The summed E-state index contributed by atoms with van der Waals surface area (Å²) < 4.78 is 0. The number of ketones is 1. The summed E-state index contributed by atoms with van der Waals surface area (Å²) in [4.78, 5) is 17.9. The monoisotopic (exact) mass is 190 g/mol. The van der Waals surface area contributed by atoms with Crippen molar-refractivity contribution >= 4 is 5.78 Å². The van der Waals surface area contributed by atoms with Crippen LogP contribution < -0.4 is 0 Å². The highest BCUT2D eigenvalue weighted by Gasteiger charge is 2.43. The first-order valence-electron chi connectivity index (χ1n) is 4.81. The van der Waals surface area contributed by atoms with Crippen molar-refractivity contribution in [1.82, 2.24) is 9.88 Å². The van der Waals surface area contributed by atoms with E-state index in [0.29, 0.717) is 12.2 Å². The molecular weight excluding hydrogens is 176 g/mol. The van der Waals surface area contributed by atoms with Gasteiger partial charge in [0.2, 0.25) is 0 Å². The number of Topliss-reactive ketones (excluding diaryl/α,β-unsaturated/α-hetero) is 1. The highest BCUT2D eigenvalue weighted by Crippen LogP contribution is 2.33. The highest BCUT2D eigenvalue weighted by molar-refractivity contribution is 5.91. The highest BCUT2D eigenvalue weighted by atomic mass is 16.1. The first-order valence-corrected chi connectivity index (χ1v) is 4.81. The molecule has 0 aliphatic carbocycles. The normalized spacial score (nSPS) is 28.3. The zero-order valence-electron chi connectivity index (χ0n) is 8.53. The molecule has 1 atom stereocenters. The number of hydrogen-bond donors (Lipinski definition) is 0. The molecule has 0 bridgehead atoms. The number of likely N-dealkylation sites (tertiary alicyclic amines) is 1. The number of nitrogens with zero attached hydrogens (tertiary/aromatic N) is 2. The Morgan fingerprint density at radius 1 is 1.43 bits per heavy atom. The number of carbonyl (C=O) groups is 1. The first-order chi connectivity index (χ1) is 6.65. The van der Waals surface area contributed by atoms with E-state index < -0.39 is 5.54 Å². The smallest absolute Gasteiger partial charge is 0.158 e. The Morgan fingerprint density at radius 2 is 2.07 bits per heavy atom. The molecule has 2 rings (SSSR count). The maximum Gasteiger partial charge on any atom is 0.158 e. The molecular formula is C11H14N2O. The summed E-state index contributed by atoms with van der Waals surface area (Å²) in [7, 11) is 1.99. The van der Waals surface area contributed by atoms with Crippen LogP contribution in [0.25, 0.3) is 0 Å². The molecule has 74 valence electrons. The third-order valence-electron chi connectivity index (χ3n) is 3.22. The van der Waals surface area contributed by atoms with Gasteiger partial charge in [0, 0.05) is 25.4 Å². The number of pyridine rings is 1. The molecule has 0 saturated carbocycles. The molecule has 1 aromatic heterocycles. The van der Waals surface area contributed by atoms with Gasteiger partial charge in [-0.15, -0.1) is 0 Å². The van der Waals surface area contributed by atoms with E-state index >= 15 is 0 Å². The zero-order chi connectivity index (χ0) is 10.2. The Hall–Kier alpha value is -1.22. The van der Waals surface area contributed by atoms with Gasteiger partial charge in [0.15, 0.2) is 5.78 Å². The third kappa shape index (κ3) is 1.16. The van der Waals surface area contributed by atoms with E-state index in [9.17, 15) is 4.79 Å². The summed E-state index contributed by atoms with van der Waals surface area (Å²) in [6.45, 7) is 2.83. The van der Waals surface area contributed by atoms with Gasteiger partial charge < -0.3 is 0 Å². The number of likely N-dealkylation sites (N-methyl/N-ethyl adjacent to an activating group) is 1. The maximum atomic E-state index is 11.8. The molecule has 3 heteroatoms. The average Bonchev–Trinajstić information content (AvgIpc) is 2.49. The Balaban J connectivity index is 2.46. The maximum absolute atomic E-state index is 11.8. The Labute approximate surface area is 83.8 Å². The van der Waals surface area contributed by atoms with E-state index in [1.54, 1.807) is 12.4 Å². The molecule has 2 heterocycles. The van der Waals surface area contributed by atoms with Crippen molar-refractivity contribution in [1.29, 1.82) is 0 Å². The summed E-state index contributed by atoms with van der Waals surface area (Å²) in [5, 5.41) is 0. The van der Waals surface area contributed by atoms with Crippen LogP contribution in [0.5, 0.6) is 0 Å². The van der Waals surface area contributed by atoms with Crippen LogP contribution in [0.4, 0.5) is 0 Å². The lowest BCUT2D eigenvalue weighted by Crippen LogP contribution is -2.40. The molecule has 14 heavy (non-hydrogen) atoms.